The Kier molecular flexibility index (Phi) is 5.12. The predicted octanol–water partition coefficient (Wildman–Crippen LogP) is 1.75. The van der Waals surface area contributed by atoms with Crippen LogP contribution in [-0.4, -0.2) is 27.7 Å². The number of halogens is 1. The van der Waals surface area contributed by atoms with Crippen LogP contribution < -0.4 is 10.0 Å². The second-order valence-electron chi connectivity index (χ2n) is 5.12. The average Bonchev–Trinajstić information content (AvgIpc) is 2.46. The molecule has 4 nitrogen and oxygen atoms in total. The number of alkyl halides is 1. The molecule has 0 bridgehead atoms. The molecule has 2 N–H and O–H groups in total. The lowest BCUT2D eigenvalue weighted by Crippen LogP contribution is -2.37. The van der Waals surface area contributed by atoms with Crippen molar-refractivity contribution in [2.24, 2.45) is 0 Å². The Morgan fingerprint density at radius 3 is 2.90 bits per heavy atom. The van der Waals surface area contributed by atoms with E-state index in [1.54, 1.807) is 18.2 Å². The van der Waals surface area contributed by atoms with Crippen LogP contribution in [0.3, 0.4) is 0 Å². The maximum absolute atomic E-state index is 12.6. The molecular formula is C14H21FN2O2S. The smallest absolute Gasteiger partial charge is 0.240 e. The third-order valence-electron chi connectivity index (χ3n) is 3.54. The topological polar surface area (TPSA) is 58.2 Å². The van der Waals surface area contributed by atoms with Crippen molar-refractivity contribution >= 4 is 10.0 Å². The lowest BCUT2D eigenvalue weighted by molar-refractivity contribution is 0.358. The lowest BCUT2D eigenvalue weighted by Gasteiger charge is -2.24. The van der Waals surface area contributed by atoms with E-state index < -0.39 is 16.7 Å². The molecule has 0 saturated carbocycles. The first-order chi connectivity index (χ1) is 9.56. The van der Waals surface area contributed by atoms with Crippen LogP contribution in [-0.2, 0) is 23.0 Å². The second kappa shape index (κ2) is 6.65. The maximum atomic E-state index is 12.6. The summed E-state index contributed by atoms with van der Waals surface area (Å²) in [6.45, 7) is 2.58. The molecule has 0 aliphatic carbocycles. The zero-order valence-electron chi connectivity index (χ0n) is 11.7. The van der Waals surface area contributed by atoms with Crippen LogP contribution in [0.1, 0.15) is 30.9 Å². The van der Waals surface area contributed by atoms with Crippen molar-refractivity contribution in [1.82, 2.24) is 10.0 Å². The summed E-state index contributed by atoms with van der Waals surface area (Å²) in [5.41, 5.74) is 1.96. The summed E-state index contributed by atoms with van der Waals surface area (Å²) in [6, 6.07) is 4.93. The van der Waals surface area contributed by atoms with Crippen molar-refractivity contribution in [3.05, 3.63) is 29.3 Å². The second-order valence-corrected chi connectivity index (χ2v) is 6.89. The molecule has 0 amide bonds. The minimum atomic E-state index is -3.44. The van der Waals surface area contributed by atoms with Gasteiger partial charge in [0.15, 0.2) is 0 Å². The lowest BCUT2D eigenvalue weighted by atomic mass is 9.96. The monoisotopic (exact) mass is 300 g/mol. The van der Waals surface area contributed by atoms with Gasteiger partial charge < -0.3 is 5.32 Å². The fourth-order valence-corrected chi connectivity index (χ4v) is 3.43. The van der Waals surface area contributed by atoms with Crippen molar-refractivity contribution < 1.29 is 12.8 Å². The standard InChI is InChI=1S/C14H21FN2O2S/c1-2-3-6-17-20(18,19)14-5-4-11-7-13(9-15)16-10-12(11)8-14/h4-5,8,13,16-17H,2-3,6-7,9-10H2,1H3. The Morgan fingerprint density at radius 1 is 1.40 bits per heavy atom. The van der Waals surface area contributed by atoms with E-state index in [0.29, 0.717) is 19.5 Å². The van der Waals surface area contributed by atoms with E-state index in [4.69, 9.17) is 0 Å². The van der Waals surface area contributed by atoms with Gasteiger partial charge in [0.05, 0.1) is 4.90 Å². The SMILES string of the molecule is CCCCNS(=O)(=O)c1ccc2c(c1)CNC(CF)C2. The molecule has 0 saturated heterocycles. The van der Waals surface area contributed by atoms with E-state index in [9.17, 15) is 12.8 Å². The third kappa shape index (κ3) is 3.56. The summed E-state index contributed by atoms with van der Waals surface area (Å²) in [7, 11) is -3.44. The average molecular weight is 300 g/mol. The highest BCUT2D eigenvalue weighted by molar-refractivity contribution is 7.89. The number of fused-ring (bicyclic) bond motifs is 1. The molecule has 1 aromatic carbocycles. The number of hydrogen-bond acceptors (Lipinski definition) is 3. The van der Waals surface area contributed by atoms with Gasteiger partial charge in [0, 0.05) is 19.1 Å². The number of nitrogens with one attached hydrogen (secondary N) is 2. The zero-order chi connectivity index (χ0) is 14.6. The van der Waals surface area contributed by atoms with Crippen LogP contribution in [0.5, 0.6) is 0 Å². The van der Waals surface area contributed by atoms with Crippen LogP contribution in [0.15, 0.2) is 23.1 Å². The number of hydrogen-bond donors (Lipinski definition) is 2. The largest absolute Gasteiger partial charge is 0.307 e. The van der Waals surface area contributed by atoms with Crippen molar-refractivity contribution in [2.75, 3.05) is 13.2 Å². The van der Waals surface area contributed by atoms with Crippen molar-refractivity contribution in [2.45, 2.75) is 43.7 Å². The summed E-state index contributed by atoms with van der Waals surface area (Å²) in [6.07, 6.45) is 2.38. The molecule has 1 heterocycles. The van der Waals surface area contributed by atoms with Crippen LogP contribution >= 0.6 is 0 Å². The van der Waals surface area contributed by atoms with E-state index in [-0.39, 0.29) is 10.9 Å². The van der Waals surface area contributed by atoms with Gasteiger partial charge in [-0.2, -0.15) is 0 Å². The van der Waals surface area contributed by atoms with E-state index in [1.165, 1.54) is 0 Å². The molecule has 0 fully saturated rings. The molecule has 2 rings (SSSR count). The van der Waals surface area contributed by atoms with Crippen LogP contribution in [0.2, 0.25) is 0 Å². The molecule has 1 aliphatic heterocycles. The normalized spacial score (nSPS) is 18.8. The Morgan fingerprint density at radius 2 is 2.20 bits per heavy atom. The highest BCUT2D eigenvalue weighted by Crippen LogP contribution is 2.21. The molecule has 0 spiro atoms. The minimum Gasteiger partial charge on any atom is -0.307 e. The number of sulfonamides is 1. The van der Waals surface area contributed by atoms with Gasteiger partial charge in [0.1, 0.15) is 6.67 Å². The quantitative estimate of drug-likeness (QED) is 0.787. The minimum absolute atomic E-state index is 0.160. The van der Waals surface area contributed by atoms with Gasteiger partial charge in [-0.3, -0.25) is 0 Å². The Hall–Kier alpha value is -0.980. The molecule has 1 unspecified atom stereocenters. The Bertz CT molecular complexity index is 560. The van der Waals surface area contributed by atoms with Crippen LogP contribution in [0.25, 0.3) is 0 Å². The highest BCUT2D eigenvalue weighted by atomic mass is 32.2. The Labute approximate surface area is 119 Å². The molecule has 112 valence electrons. The first-order valence-electron chi connectivity index (χ1n) is 6.97. The molecule has 20 heavy (non-hydrogen) atoms. The Balaban J connectivity index is 2.15. The van der Waals surface area contributed by atoms with Crippen molar-refractivity contribution in [1.29, 1.82) is 0 Å². The molecule has 1 atom stereocenters. The summed E-state index contributed by atoms with van der Waals surface area (Å²) in [5, 5.41) is 3.07. The highest BCUT2D eigenvalue weighted by Gasteiger charge is 2.20. The third-order valence-corrected chi connectivity index (χ3v) is 5.00. The molecule has 0 aromatic heterocycles. The summed E-state index contributed by atoms with van der Waals surface area (Å²) >= 11 is 0. The van der Waals surface area contributed by atoms with Gasteiger partial charge in [-0.1, -0.05) is 19.4 Å². The van der Waals surface area contributed by atoms with Gasteiger partial charge in [0.2, 0.25) is 10.0 Å². The fourth-order valence-electron chi connectivity index (χ4n) is 2.30. The summed E-state index contributed by atoms with van der Waals surface area (Å²) in [4.78, 5) is 0.285. The van der Waals surface area contributed by atoms with E-state index >= 15 is 0 Å². The van der Waals surface area contributed by atoms with Gasteiger partial charge in [-0.05, 0) is 36.1 Å². The van der Waals surface area contributed by atoms with E-state index in [0.717, 1.165) is 24.0 Å². The molecule has 0 radical (unpaired) electrons. The van der Waals surface area contributed by atoms with E-state index in [2.05, 4.69) is 10.0 Å². The fraction of sp³-hybridized carbons (Fsp3) is 0.571. The number of rotatable bonds is 6. The van der Waals surface area contributed by atoms with Gasteiger partial charge in [-0.25, -0.2) is 17.5 Å². The van der Waals surface area contributed by atoms with Gasteiger partial charge in [-0.15, -0.1) is 0 Å². The van der Waals surface area contributed by atoms with Crippen LogP contribution in [0, 0.1) is 0 Å². The van der Waals surface area contributed by atoms with Gasteiger partial charge >= 0.3 is 0 Å². The van der Waals surface area contributed by atoms with Gasteiger partial charge in [0.25, 0.3) is 0 Å². The molecule has 1 aromatic rings. The first-order valence-corrected chi connectivity index (χ1v) is 8.46. The summed E-state index contributed by atoms with van der Waals surface area (Å²) < 4.78 is 39.5. The van der Waals surface area contributed by atoms with E-state index in [1.807, 2.05) is 6.92 Å². The predicted molar refractivity (Wildman–Crippen MR) is 76.8 cm³/mol. The molecule has 1 aliphatic rings. The maximum Gasteiger partial charge on any atom is 0.240 e. The van der Waals surface area contributed by atoms with Crippen molar-refractivity contribution in [3.63, 3.8) is 0 Å². The summed E-state index contributed by atoms with van der Waals surface area (Å²) in [5.74, 6) is 0. The number of benzene rings is 1. The first kappa shape index (κ1) is 15.4. The molecular weight excluding hydrogens is 279 g/mol. The zero-order valence-corrected chi connectivity index (χ0v) is 12.5. The number of unbranched alkanes of at least 4 members (excludes halogenated alkanes) is 1. The van der Waals surface area contributed by atoms with Crippen molar-refractivity contribution in [3.8, 4) is 0 Å². The van der Waals surface area contributed by atoms with Crippen LogP contribution in [0.4, 0.5) is 4.39 Å². The molecule has 6 heteroatoms.